The Kier molecular flexibility index (Phi) is 6.09. The minimum Gasteiger partial charge on any atom is -0.371 e. The lowest BCUT2D eigenvalue weighted by Crippen LogP contribution is -2.25. The molecule has 1 aromatic carbocycles. The van der Waals surface area contributed by atoms with E-state index in [1.807, 2.05) is 0 Å². The highest BCUT2D eigenvalue weighted by molar-refractivity contribution is 5.94. The Bertz CT molecular complexity index is 830. The van der Waals surface area contributed by atoms with Crippen molar-refractivity contribution in [3.63, 3.8) is 0 Å². The maximum atomic E-state index is 12.0. The molecule has 3 rings (SSSR count). The number of benzene rings is 1. The van der Waals surface area contributed by atoms with Gasteiger partial charge in [0.2, 0.25) is 0 Å². The van der Waals surface area contributed by atoms with Crippen LogP contribution in [0.15, 0.2) is 47.7 Å². The number of rotatable bonds is 5. The molecule has 0 spiro atoms. The van der Waals surface area contributed by atoms with E-state index in [-0.39, 0.29) is 11.4 Å². The van der Waals surface area contributed by atoms with Gasteiger partial charge >= 0.3 is 0 Å². The van der Waals surface area contributed by atoms with E-state index in [9.17, 15) is 14.9 Å². The molecule has 1 aliphatic rings. The Balaban J connectivity index is 1.81. The number of non-ortho nitro benzene ring substituents is 1. The number of carbonyl (C=O) groups is 1. The molecule has 0 aliphatic carbocycles. The van der Waals surface area contributed by atoms with E-state index in [0.717, 1.165) is 31.6 Å². The molecule has 1 aromatic heterocycles. The van der Waals surface area contributed by atoms with Crippen LogP contribution in [0.5, 0.6) is 0 Å². The average molecular weight is 367 g/mol. The van der Waals surface area contributed by atoms with Crippen LogP contribution in [-0.2, 0) is 0 Å². The Morgan fingerprint density at radius 2 is 1.96 bits per heavy atom. The molecule has 1 N–H and O–H groups in total. The zero-order chi connectivity index (χ0) is 19.1. The van der Waals surface area contributed by atoms with Gasteiger partial charge in [0.15, 0.2) is 0 Å². The van der Waals surface area contributed by atoms with Crippen LogP contribution in [-0.4, -0.2) is 35.1 Å². The molecule has 1 aliphatic heterocycles. The third-order valence-corrected chi connectivity index (χ3v) is 4.44. The average Bonchev–Trinajstić information content (AvgIpc) is 2.98. The number of nitrogens with zero attached hydrogens (tertiary/aromatic N) is 4. The Labute approximate surface area is 157 Å². The summed E-state index contributed by atoms with van der Waals surface area (Å²) >= 11 is 0. The van der Waals surface area contributed by atoms with Crippen molar-refractivity contribution in [2.75, 3.05) is 18.0 Å². The molecule has 0 radical (unpaired) electrons. The number of nitrogens with one attached hydrogen (secondary N) is 1. The lowest BCUT2D eigenvalue weighted by molar-refractivity contribution is -0.384. The minimum absolute atomic E-state index is 0.00826. The molecule has 1 saturated heterocycles. The number of nitro benzene ring substituents is 1. The van der Waals surface area contributed by atoms with Crippen molar-refractivity contribution in [1.82, 2.24) is 10.4 Å². The van der Waals surface area contributed by atoms with Gasteiger partial charge < -0.3 is 4.90 Å². The highest BCUT2D eigenvalue weighted by atomic mass is 16.6. The van der Waals surface area contributed by atoms with Crippen LogP contribution in [0.4, 0.5) is 11.4 Å². The van der Waals surface area contributed by atoms with E-state index < -0.39 is 10.8 Å². The summed E-state index contributed by atoms with van der Waals surface area (Å²) in [4.78, 5) is 28.9. The molecular formula is C19H21N5O3. The zero-order valence-corrected chi connectivity index (χ0v) is 14.9. The van der Waals surface area contributed by atoms with Crippen molar-refractivity contribution in [3.05, 3.63) is 64.0 Å². The van der Waals surface area contributed by atoms with Gasteiger partial charge in [-0.3, -0.25) is 19.9 Å². The SMILES string of the molecule is O=C(N/N=C/c1cc([N+](=O)[O-])ccc1N1CCCCCC1)c1ccccn1. The highest BCUT2D eigenvalue weighted by Gasteiger charge is 2.16. The minimum atomic E-state index is -0.436. The van der Waals surface area contributed by atoms with Crippen LogP contribution in [0.2, 0.25) is 0 Å². The van der Waals surface area contributed by atoms with Crippen LogP contribution in [0.25, 0.3) is 0 Å². The van der Waals surface area contributed by atoms with E-state index in [1.54, 1.807) is 24.3 Å². The fraction of sp³-hybridized carbons (Fsp3) is 0.316. The van der Waals surface area contributed by atoms with Gasteiger partial charge in [-0.15, -0.1) is 0 Å². The maximum Gasteiger partial charge on any atom is 0.289 e. The van der Waals surface area contributed by atoms with Gasteiger partial charge in [0.05, 0.1) is 11.1 Å². The molecular weight excluding hydrogens is 346 g/mol. The first-order valence-electron chi connectivity index (χ1n) is 8.93. The van der Waals surface area contributed by atoms with Gasteiger partial charge in [-0.2, -0.15) is 5.10 Å². The monoisotopic (exact) mass is 367 g/mol. The summed E-state index contributed by atoms with van der Waals surface area (Å²) in [6, 6.07) is 9.76. The maximum absolute atomic E-state index is 12.0. The van der Waals surface area contributed by atoms with Gasteiger partial charge in [-0.25, -0.2) is 5.43 Å². The number of hydrogen-bond donors (Lipinski definition) is 1. The van der Waals surface area contributed by atoms with Crippen LogP contribution in [0.1, 0.15) is 41.7 Å². The predicted molar refractivity (Wildman–Crippen MR) is 103 cm³/mol. The Morgan fingerprint density at radius 3 is 2.63 bits per heavy atom. The molecule has 1 amide bonds. The highest BCUT2D eigenvalue weighted by Crippen LogP contribution is 2.26. The van der Waals surface area contributed by atoms with E-state index in [0.29, 0.717) is 5.56 Å². The summed E-state index contributed by atoms with van der Waals surface area (Å²) in [5.41, 5.74) is 4.15. The number of amides is 1. The number of hydrazone groups is 1. The van der Waals surface area contributed by atoms with Crippen molar-refractivity contribution in [3.8, 4) is 0 Å². The first-order chi connectivity index (χ1) is 13.1. The number of carbonyl (C=O) groups excluding carboxylic acids is 1. The fourth-order valence-corrected chi connectivity index (χ4v) is 3.07. The van der Waals surface area contributed by atoms with E-state index >= 15 is 0 Å². The molecule has 27 heavy (non-hydrogen) atoms. The second-order valence-electron chi connectivity index (χ2n) is 6.32. The molecule has 0 bridgehead atoms. The van der Waals surface area contributed by atoms with Crippen molar-refractivity contribution in [1.29, 1.82) is 0 Å². The number of nitro groups is 1. The van der Waals surface area contributed by atoms with Gasteiger partial charge in [-0.1, -0.05) is 18.9 Å². The number of hydrogen-bond acceptors (Lipinski definition) is 6. The summed E-state index contributed by atoms with van der Waals surface area (Å²) in [6.45, 7) is 1.80. The largest absolute Gasteiger partial charge is 0.371 e. The smallest absolute Gasteiger partial charge is 0.289 e. The second-order valence-corrected chi connectivity index (χ2v) is 6.32. The van der Waals surface area contributed by atoms with Crippen molar-refractivity contribution < 1.29 is 9.72 Å². The quantitative estimate of drug-likeness (QED) is 0.497. The molecule has 0 unspecified atom stereocenters. The van der Waals surface area contributed by atoms with Crippen LogP contribution >= 0.6 is 0 Å². The van der Waals surface area contributed by atoms with E-state index in [2.05, 4.69) is 20.4 Å². The van der Waals surface area contributed by atoms with Crippen LogP contribution < -0.4 is 10.3 Å². The topological polar surface area (TPSA) is 101 Å². The summed E-state index contributed by atoms with van der Waals surface area (Å²) in [6.07, 6.45) is 7.53. The Hall–Kier alpha value is -3.29. The second kappa shape index (κ2) is 8.88. The van der Waals surface area contributed by atoms with Crippen molar-refractivity contribution >= 4 is 23.5 Å². The standard InChI is InChI=1S/C19H21N5O3/c25-19(17-7-3-4-10-20-17)22-21-14-15-13-16(24(26)27)8-9-18(15)23-11-5-1-2-6-12-23/h3-4,7-10,13-14H,1-2,5-6,11-12H2,(H,22,25)/b21-14+. The van der Waals surface area contributed by atoms with Crippen LogP contribution in [0.3, 0.4) is 0 Å². The van der Waals surface area contributed by atoms with Crippen molar-refractivity contribution in [2.24, 2.45) is 5.10 Å². The summed E-state index contributed by atoms with van der Waals surface area (Å²) in [7, 11) is 0. The van der Waals surface area contributed by atoms with E-state index in [4.69, 9.17) is 0 Å². The normalized spacial score (nSPS) is 14.7. The zero-order valence-electron chi connectivity index (χ0n) is 14.9. The lowest BCUT2D eigenvalue weighted by atomic mass is 10.1. The number of anilines is 1. The third kappa shape index (κ3) is 4.87. The molecule has 8 nitrogen and oxygen atoms in total. The van der Waals surface area contributed by atoms with Crippen LogP contribution in [0, 0.1) is 10.1 Å². The predicted octanol–water partition coefficient (Wildman–Crippen LogP) is 3.13. The molecule has 2 aromatic rings. The summed E-state index contributed by atoms with van der Waals surface area (Å²) in [5.74, 6) is -0.436. The molecule has 1 fully saturated rings. The first kappa shape index (κ1) is 18.5. The van der Waals surface area contributed by atoms with Gasteiger partial charge in [0.25, 0.3) is 11.6 Å². The Morgan fingerprint density at radius 1 is 1.19 bits per heavy atom. The van der Waals surface area contributed by atoms with Crippen molar-refractivity contribution in [2.45, 2.75) is 25.7 Å². The number of pyridine rings is 1. The lowest BCUT2D eigenvalue weighted by Gasteiger charge is -2.24. The van der Waals surface area contributed by atoms with Gasteiger partial charge in [-0.05, 0) is 31.0 Å². The first-order valence-corrected chi connectivity index (χ1v) is 8.93. The molecule has 0 saturated carbocycles. The van der Waals surface area contributed by atoms with Gasteiger partial charge in [0.1, 0.15) is 5.69 Å². The molecule has 2 heterocycles. The molecule has 0 atom stereocenters. The number of aromatic nitrogens is 1. The summed E-state index contributed by atoms with van der Waals surface area (Å²) < 4.78 is 0. The van der Waals surface area contributed by atoms with Gasteiger partial charge in [0, 0.05) is 42.7 Å². The fourth-order valence-electron chi connectivity index (χ4n) is 3.07. The molecule has 8 heteroatoms. The molecule has 140 valence electrons. The van der Waals surface area contributed by atoms with E-state index in [1.165, 1.54) is 37.4 Å². The summed E-state index contributed by atoms with van der Waals surface area (Å²) in [5, 5.41) is 15.1. The third-order valence-electron chi connectivity index (χ3n) is 4.44.